The van der Waals surface area contributed by atoms with E-state index in [9.17, 15) is 4.79 Å². The molecule has 0 saturated carbocycles. The molecule has 1 fully saturated rings. The van der Waals surface area contributed by atoms with Crippen molar-refractivity contribution < 1.29 is 9.90 Å². The smallest absolute Gasteiger partial charge is 0.237 e. The molecule has 0 spiro atoms. The van der Waals surface area contributed by atoms with Gasteiger partial charge in [-0.05, 0) is 0 Å². The summed E-state index contributed by atoms with van der Waals surface area (Å²) in [6.45, 7) is 2.03. The van der Waals surface area contributed by atoms with Crippen LogP contribution < -0.4 is 5.32 Å². The minimum absolute atomic E-state index is 0.00548. The van der Waals surface area contributed by atoms with Gasteiger partial charge in [-0.1, -0.05) is 0 Å². The highest BCUT2D eigenvalue weighted by Crippen LogP contribution is 1.99. The minimum Gasteiger partial charge on any atom is -0.395 e. The van der Waals surface area contributed by atoms with Crippen molar-refractivity contribution in [2.24, 2.45) is 0 Å². The highest BCUT2D eigenvalue weighted by molar-refractivity contribution is 6.27. The highest BCUT2D eigenvalue weighted by Gasteiger charge is 2.21. The fourth-order valence-corrected chi connectivity index (χ4v) is 1.43. The molecule has 1 aliphatic rings. The zero-order valence-electron chi connectivity index (χ0n) is 6.79. The number of hydrogen-bond donors (Lipinski definition) is 2. The van der Waals surface area contributed by atoms with E-state index < -0.39 is 0 Å². The Bertz CT molecular complexity index is 165. The zero-order chi connectivity index (χ0) is 8.97. The summed E-state index contributed by atoms with van der Waals surface area (Å²) in [5.74, 6) is -0.0327. The Kier molecular flexibility index (Phi) is 3.78. The van der Waals surface area contributed by atoms with Crippen LogP contribution in [0.1, 0.15) is 0 Å². The van der Waals surface area contributed by atoms with Gasteiger partial charge in [0.2, 0.25) is 5.91 Å². The van der Waals surface area contributed by atoms with Gasteiger partial charge in [-0.25, -0.2) is 0 Å². The number of piperazine rings is 1. The van der Waals surface area contributed by atoms with Crippen LogP contribution in [0.3, 0.4) is 0 Å². The highest BCUT2D eigenvalue weighted by atomic mass is 35.5. The molecule has 4 nitrogen and oxygen atoms in total. The van der Waals surface area contributed by atoms with Crippen LogP contribution in [0.15, 0.2) is 0 Å². The number of nitrogens with one attached hydrogen (secondary N) is 1. The van der Waals surface area contributed by atoms with Gasteiger partial charge in [0.1, 0.15) is 5.88 Å². The quantitative estimate of drug-likeness (QED) is 0.553. The maximum Gasteiger partial charge on any atom is 0.237 e. The lowest BCUT2D eigenvalue weighted by Crippen LogP contribution is -2.54. The zero-order valence-corrected chi connectivity index (χ0v) is 7.55. The average Bonchev–Trinajstić information content (AvgIpc) is 2.17. The maximum absolute atomic E-state index is 11.1. The Labute approximate surface area is 76.5 Å². The summed E-state index contributed by atoms with van der Waals surface area (Å²) in [7, 11) is 0. The molecule has 0 bridgehead atoms. The summed E-state index contributed by atoms with van der Waals surface area (Å²) in [5, 5.41) is 11.9. The van der Waals surface area contributed by atoms with Gasteiger partial charge in [0.05, 0.1) is 6.61 Å². The molecule has 0 radical (unpaired) electrons. The van der Waals surface area contributed by atoms with E-state index in [1.54, 1.807) is 4.90 Å². The van der Waals surface area contributed by atoms with E-state index in [1.807, 2.05) is 0 Å². The normalized spacial score (nSPS) is 24.2. The van der Waals surface area contributed by atoms with E-state index in [0.717, 1.165) is 6.54 Å². The van der Waals surface area contributed by atoms with E-state index in [4.69, 9.17) is 16.7 Å². The third-order valence-electron chi connectivity index (χ3n) is 1.94. The van der Waals surface area contributed by atoms with E-state index in [2.05, 4.69) is 5.32 Å². The molecule has 5 heteroatoms. The molecule has 2 N–H and O–H groups in total. The number of aliphatic hydroxyl groups excluding tert-OH is 1. The first-order valence-electron chi connectivity index (χ1n) is 3.96. The Morgan fingerprint density at radius 2 is 2.50 bits per heavy atom. The first kappa shape index (κ1) is 9.77. The Balaban J connectivity index is 2.40. The minimum atomic E-state index is -0.0587. The fourth-order valence-electron chi connectivity index (χ4n) is 1.26. The van der Waals surface area contributed by atoms with Gasteiger partial charge in [-0.3, -0.25) is 4.79 Å². The number of alkyl halides is 1. The second kappa shape index (κ2) is 4.64. The molecule has 1 unspecified atom stereocenters. The molecule has 1 saturated heterocycles. The SMILES string of the molecule is O=C(CCl)N1CCNC(CO)C1. The van der Waals surface area contributed by atoms with Crippen molar-refractivity contribution in [2.75, 3.05) is 32.1 Å². The summed E-state index contributed by atoms with van der Waals surface area (Å²) < 4.78 is 0. The van der Waals surface area contributed by atoms with Crippen molar-refractivity contribution in [1.82, 2.24) is 10.2 Å². The summed E-state index contributed by atoms with van der Waals surface area (Å²) in [6, 6.07) is 0.00548. The fraction of sp³-hybridized carbons (Fsp3) is 0.857. The van der Waals surface area contributed by atoms with Crippen LogP contribution in [0.2, 0.25) is 0 Å². The van der Waals surface area contributed by atoms with Gasteiger partial charge in [-0.2, -0.15) is 0 Å². The number of nitrogens with zero attached hydrogens (tertiary/aromatic N) is 1. The predicted octanol–water partition coefficient (Wildman–Crippen LogP) is -0.982. The molecular formula is C7H13ClN2O2. The van der Waals surface area contributed by atoms with Gasteiger partial charge < -0.3 is 15.3 Å². The largest absolute Gasteiger partial charge is 0.395 e. The summed E-state index contributed by atoms with van der Waals surface area (Å²) in [4.78, 5) is 12.8. The van der Waals surface area contributed by atoms with Crippen LogP contribution in [0.5, 0.6) is 0 Å². The third-order valence-corrected chi connectivity index (χ3v) is 2.17. The topological polar surface area (TPSA) is 52.6 Å². The first-order valence-corrected chi connectivity index (χ1v) is 4.49. The van der Waals surface area contributed by atoms with E-state index >= 15 is 0 Å². The number of rotatable bonds is 2. The van der Waals surface area contributed by atoms with Crippen molar-refractivity contribution in [2.45, 2.75) is 6.04 Å². The lowest BCUT2D eigenvalue weighted by atomic mass is 10.2. The van der Waals surface area contributed by atoms with Crippen molar-refractivity contribution in [3.63, 3.8) is 0 Å². The lowest BCUT2D eigenvalue weighted by molar-refractivity contribution is -0.129. The Morgan fingerprint density at radius 1 is 1.75 bits per heavy atom. The number of aliphatic hydroxyl groups is 1. The predicted molar refractivity (Wildman–Crippen MR) is 46.2 cm³/mol. The molecule has 1 aliphatic heterocycles. The summed E-state index contributed by atoms with van der Waals surface area (Å²) in [5.41, 5.74) is 0. The molecule has 0 aromatic carbocycles. The number of amides is 1. The number of halogens is 1. The molecule has 70 valence electrons. The van der Waals surface area contributed by atoms with Gasteiger partial charge in [0.15, 0.2) is 0 Å². The molecule has 1 atom stereocenters. The van der Waals surface area contributed by atoms with Crippen molar-refractivity contribution in [3.8, 4) is 0 Å². The first-order chi connectivity index (χ1) is 5.77. The molecule has 0 aromatic heterocycles. The Hall–Kier alpha value is -0.320. The second-order valence-corrected chi connectivity index (χ2v) is 3.07. The summed E-state index contributed by atoms with van der Waals surface area (Å²) in [6.07, 6.45) is 0. The van der Waals surface area contributed by atoms with Crippen LogP contribution in [0, 0.1) is 0 Å². The van der Waals surface area contributed by atoms with Crippen molar-refractivity contribution in [3.05, 3.63) is 0 Å². The van der Waals surface area contributed by atoms with Crippen LogP contribution in [-0.4, -0.2) is 54.1 Å². The molecule has 0 aromatic rings. The van der Waals surface area contributed by atoms with Crippen LogP contribution >= 0.6 is 11.6 Å². The van der Waals surface area contributed by atoms with E-state index in [1.165, 1.54) is 0 Å². The third kappa shape index (κ3) is 2.33. The number of hydrogen-bond acceptors (Lipinski definition) is 3. The molecule has 12 heavy (non-hydrogen) atoms. The maximum atomic E-state index is 11.1. The Morgan fingerprint density at radius 3 is 3.08 bits per heavy atom. The molecule has 1 heterocycles. The average molecular weight is 193 g/mol. The van der Waals surface area contributed by atoms with Crippen LogP contribution in [0.25, 0.3) is 0 Å². The second-order valence-electron chi connectivity index (χ2n) is 2.81. The molecule has 1 amide bonds. The molecule has 0 aliphatic carbocycles. The number of carbonyl (C=O) groups excluding carboxylic acids is 1. The van der Waals surface area contributed by atoms with Crippen molar-refractivity contribution >= 4 is 17.5 Å². The molecule has 1 rings (SSSR count). The van der Waals surface area contributed by atoms with Crippen LogP contribution in [-0.2, 0) is 4.79 Å². The van der Waals surface area contributed by atoms with E-state index in [0.29, 0.717) is 13.1 Å². The van der Waals surface area contributed by atoms with Crippen molar-refractivity contribution in [1.29, 1.82) is 0 Å². The van der Waals surface area contributed by atoms with Gasteiger partial charge in [-0.15, -0.1) is 11.6 Å². The van der Waals surface area contributed by atoms with Crippen LogP contribution in [0.4, 0.5) is 0 Å². The summed E-state index contributed by atoms with van der Waals surface area (Å²) >= 11 is 5.40. The van der Waals surface area contributed by atoms with Gasteiger partial charge >= 0.3 is 0 Å². The van der Waals surface area contributed by atoms with Gasteiger partial charge in [0.25, 0.3) is 0 Å². The monoisotopic (exact) mass is 192 g/mol. The standard InChI is InChI=1S/C7H13ClN2O2/c8-3-7(12)10-2-1-9-6(4-10)5-11/h6,9,11H,1-5H2. The van der Waals surface area contributed by atoms with Gasteiger partial charge in [0, 0.05) is 25.7 Å². The molecular weight excluding hydrogens is 180 g/mol. The number of carbonyl (C=O) groups is 1. The lowest BCUT2D eigenvalue weighted by Gasteiger charge is -2.32. The van der Waals surface area contributed by atoms with E-state index in [-0.39, 0.29) is 24.4 Å².